The molecule has 128 valence electrons. The monoisotopic (exact) mass is 430 g/mol. The molecule has 0 aromatic heterocycles. The first-order valence-electron chi connectivity index (χ1n) is 6.97. The molecule has 0 aliphatic rings. The highest BCUT2D eigenvalue weighted by molar-refractivity contribution is 9.10. The second-order valence-corrected chi connectivity index (χ2v) is 8.44. The molecule has 0 atom stereocenters. The van der Waals surface area contributed by atoms with Crippen LogP contribution in [-0.4, -0.2) is 27.1 Å². The van der Waals surface area contributed by atoms with Crippen molar-refractivity contribution >= 4 is 54.8 Å². The summed E-state index contributed by atoms with van der Waals surface area (Å²) in [6, 6.07) is 11.9. The van der Waals surface area contributed by atoms with Crippen LogP contribution in [0.2, 0.25) is 5.02 Å². The van der Waals surface area contributed by atoms with Crippen molar-refractivity contribution in [2.24, 2.45) is 0 Å². The molecule has 0 saturated heterocycles. The van der Waals surface area contributed by atoms with Crippen LogP contribution in [0.3, 0.4) is 0 Å². The maximum Gasteiger partial charge on any atom is 0.245 e. The third-order valence-electron chi connectivity index (χ3n) is 3.33. The Hall–Kier alpha value is -1.57. The maximum absolute atomic E-state index is 12.3. The molecule has 0 saturated carbocycles. The Bertz CT molecular complexity index is 871. The van der Waals surface area contributed by atoms with Crippen molar-refractivity contribution in [1.82, 2.24) is 0 Å². The Labute approximate surface area is 154 Å². The van der Waals surface area contributed by atoms with Gasteiger partial charge in [-0.05, 0) is 42.8 Å². The minimum absolute atomic E-state index is 0.332. The molecule has 2 rings (SSSR count). The van der Waals surface area contributed by atoms with Gasteiger partial charge in [-0.2, -0.15) is 0 Å². The quantitative estimate of drug-likeness (QED) is 0.783. The molecule has 0 unspecified atom stereocenters. The van der Waals surface area contributed by atoms with Crippen LogP contribution in [0, 0.1) is 6.92 Å². The second-order valence-electron chi connectivity index (χ2n) is 5.21. The van der Waals surface area contributed by atoms with Crippen LogP contribution in [0.5, 0.6) is 0 Å². The Kier molecular flexibility index (Phi) is 5.90. The maximum atomic E-state index is 12.3. The average molecular weight is 432 g/mol. The molecule has 1 amide bonds. The molecule has 0 heterocycles. The Balaban J connectivity index is 2.24. The van der Waals surface area contributed by atoms with Crippen molar-refractivity contribution in [2.45, 2.75) is 6.92 Å². The van der Waals surface area contributed by atoms with Crippen LogP contribution in [0.4, 0.5) is 11.4 Å². The van der Waals surface area contributed by atoms with Gasteiger partial charge in [-0.25, -0.2) is 8.42 Å². The number of halogens is 2. The van der Waals surface area contributed by atoms with Crippen molar-refractivity contribution in [3.8, 4) is 0 Å². The minimum atomic E-state index is -3.61. The fourth-order valence-electron chi connectivity index (χ4n) is 2.09. The summed E-state index contributed by atoms with van der Waals surface area (Å²) in [4.78, 5) is 12.3. The molecule has 2 aromatic carbocycles. The number of sulfonamides is 1. The van der Waals surface area contributed by atoms with E-state index < -0.39 is 15.9 Å². The fourth-order valence-corrected chi connectivity index (χ4v) is 3.50. The smallest absolute Gasteiger partial charge is 0.245 e. The van der Waals surface area contributed by atoms with Gasteiger partial charge in [0.05, 0.1) is 11.9 Å². The molecule has 0 radical (unpaired) electrons. The van der Waals surface area contributed by atoms with E-state index in [1.807, 2.05) is 0 Å². The zero-order valence-electron chi connectivity index (χ0n) is 13.1. The van der Waals surface area contributed by atoms with E-state index >= 15 is 0 Å². The highest BCUT2D eigenvalue weighted by Gasteiger charge is 2.21. The number of carbonyl (C=O) groups is 1. The van der Waals surface area contributed by atoms with Gasteiger partial charge in [0.1, 0.15) is 6.54 Å². The van der Waals surface area contributed by atoms with E-state index in [-0.39, 0.29) is 6.54 Å². The van der Waals surface area contributed by atoms with Crippen LogP contribution >= 0.6 is 27.5 Å². The summed E-state index contributed by atoms with van der Waals surface area (Å²) in [5.74, 6) is -0.453. The van der Waals surface area contributed by atoms with E-state index in [9.17, 15) is 13.2 Å². The molecule has 0 bridgehead atoms. The van der Waals surface area contributed by atoms with E-state index in [1.54, 1.807) is 49.4 Å². The Morgan fingerprint density at radius 3 is 2.54 bits per heavy atom. The van der Waals surface area contributed by atoms with Gasteiger partial charge >= 0.3 is 0 Å². The summed E-state index contributed by atoms with van der Waals surface area (Å²) in [6.07, 6.45) is 1.06. The van der Waals surface area contributed by atoms with Gasteiger partial charge in [-0.1, -0.05) is 39.7 Å². The first kappa shape index (κ1) is 18.8. The highest BCUT2D eigenvalue weighted by Crippen LogP contribution is 2.24. The zero-order chi connectivity index (χ0) is 17.9. The van der Waals surface area contributed by atoms with Gasteiger partial charge in [0.2, 0.25) is 15.9 Å². The average Bonchev–Trinajstić information content (AvgIpc) is 2.48. The van der Waals surface area contributed by atoms with Gasteiger partial charge in [-0.3, -0.25) is 9.10 Å². The molecule has 24 heavy (non-hydrogen) atoms. The van der Waals surface area contributed by atoms with E-state index in [0.717, 1.165) is 20.6 Å². The zero-order valence-corrected chi connectivity index (χ0v) is 16.2. The van der Waals surface area contributed by atoms with Crippen LogP contribution in [0.25, 0.3) is 0 Å². The minimum Gasteiger partial charge on any atom is -0.324 e. The summed E-state index contributed by atoms with van der Waals surface area (Å²) in [6.45, 7) is 1.45. The van der Waals surface area contributed by atoms with Crippen molar-refractivity contribution < 1.29 is 13.2 Å². The van der Waals surface area contributed by atoms with E-state index in [2.05, 4.69) is 21.2 Å². The van der Waals surface area contributed by atoms with Crippen molar-refractivity contribution in [3.63, 3.8) is 0 Å². The molecule has 8 heteroatoms. The highest BCUT2D eigenvalue weighted by atomic mass is 79.9. The lowest BCUT2D eigenvalue weighted by Crippen LogP contribution is -2.37. The van der Waals surface area contributed by atoms with Crippen molar-refractivity contribution in [2.75, 3.05) is 22.4 Å². The molecular formula is C16H16BrClN2O3S. The van der Waals surface area contributed by atoms with Gasteiger partial charge < -0.3 is 5.32 Å². The summed E-state index contributed by atoms with van der Waals surface area (Å²) < 4.78 is 25.9. The van der Waals surface area contributed by atoms with E-state index in [4.69, 9.17) is 11.6 Å². The number of hydrogen-bond donors (Lipinski definition) is 1. The second kappa shape index (κ2) is 7.55. The fraction of sp³-hybridized carbons (Fsp3) is 0.188. The number of nitrogens with one attached hydrogen (secondary N) is 1. The molecule has 5 nitrogen and oxygen atoms in total. The molecule has 0 fully saturated rings. The third kappa shape index (κ3) is 4.72. The molecular weight excluding hydrogens is 416 g/mol. The molecule has 1 N–H and O–H groups in total. The van der Waals surface area contributed by atoms with Crippen LogP contribution in [0.1, 0.15) is 5.56 Å². The predicted molar refractivity (Wildman–Crippen MR) is 101 cm³/mol. The number of carbonyl (C=O) groups excluding carboxylic acids is 1. The molecule has 0 spiro atoms. The first-order valence-corrected chi connectivity index (χ1v) is 9.98. The van der Waals surface area contributed by atoms with Crippen LogP contribution in [-0.2, 0) is 14.8 Å². The third-order valence-corrected chi connectivity index (χ3v) is 5.37. The van der Waals surface area contributed by atoms with Gasteiger partial charge in [-0.15, -0.1) is 0 Å². The standard InChI is InChI=1S/C16H16BrClN2O3S/c1-11-14(18)7-4-8-15(11)19-16(21)10-20(24(2,22)23)13-6-3-5-12(17)9-13/h3-9H,10H2,1-2H3,(H,19,21). The normalized spacial score (nSPS) is 11.2. The largest absolute Gasteiger partial charge is 0.324 e. The number of benzene rings is 2. The number of hydrogen-bond acceptors (Lipinski definition) is 3. The summed E-state index contributed by atoms with van der Waals surface area (Å²) in [5, 5.41) is 3.22. The Morgan fingerprint density at radius 1 is 1.25 bits per heavy atom. The first-order chi connectivity index (χ1) is 11.2. The number of amides is 1. The SMILES string of the molecule is Cc1c(Cl)cccc1NC(=O)CN(c1cccc(Br)c1)S(C)(=O)=O. The van der Waals surface area contributed by atoms with Crippen molar-refractivity contribution in [3.05, 3.63) is 57.5 Å². The van der Waals surface area contributed by atoms with Crippen molar-refractivity contribution in [1.29, 1.82) is 0 Å². The number of nitrogens with zero attached hydrogens (tertiary/aromatic N) is 1. The van der Waals surface area contributed by atoms with Crippen LogP contribution < -0.4 is 9.62 Å². The summed E-state index contributed by atoms with van der Waals surface area (Å²) >= 11 is 9.32. The lowest BCUT2D eigenvalue weighted by molar-refractivity contribution is -0.114. The van der Waals surface area contributed by atoms with E-state index in [0.29, 0.717) is 16.4 Å². The lowest BCUT2D eigenvalue weighted by Gasteiger charge is -2.22. The molecule has 0 aliphatic carbocycles. The summed E-state index contributed by atoms with van der Waals surface area (Å²) in [7, 11) is -3.61. The molecule has 0 aliphatic heterocycles. The number of anilines is 2. The van der Waals surface area contributed by atoms with E-state index in [1.165, 1.54) is 0 Å². The summed E-state index contributed by atoms with van der Waals surface area (Å²) in [5.41, 5.74) is 1.68. The van der Waals surface area contributed by atoms with Gasteiger partial charge in [0.15, 0.2) is 0 Å². The van der Waals surface area contributed by atoms with Gasteiger partial charge in [0.25, 0.3) is 0 Å². The number of rotatable bonds is 5. The van der Waals surface area contributed by atoms with Gasteiger partial charge in [0, 0.05) is 15.2 Å². The molecule has 2 aromatic rings. The van der Waals surface area contributed by atoms with Crippen LogP contribution in [0.15, 0.2) is 46.9 Å². The Morgan fingerprint density at radius 2 is 1.92 bits per heavy atom. The lowest BCUT2D eigenvalue weighted by atomic mass is 10.2. The topological polar surface area (TPSA) is 66.5 Å². The predicted octanol–water partition coefficient (Wildman–Crippen LogP) is 3.82.